The van der Waals surface area contributed by atoms with Crippen molar-refractivity contribution < 1.29 is 73.0 Å². The van der Waals surface area contributed by atoms with Crippen LogP contribution in [0.2, 0.25) is 0 Å². The number of ether oxygens (including phenoxy) is 3. The van der Waals surface area contributed by atoms with Gasteiger partial charge in [0.15, 0.2) is 5.78 Å². The van der Waals surface area contributed by atoms with Gasteiger partial charge >= 0.3 is 23.9 Å². The van der Waals surface area contributed by atoms with Crippen molar-refractivity contribution >= 4 is 58.8 Å². The first kappa shape index (κ1) is 44.2. The zero-order chi connectivity index (χ0) is 46.2. The van der Waals surface area contributed by atoms with Gasteiger partial charge in [-0.3, -0.25) is 19.2 Å². The minimum Gasteiger partial charge on any atom is -0.478 e. The number of benzene rings is 6. The topological polar surface area (TPSA) is 281 Å². The quantitative estimate of drug-likeness (QED) is 0.0455. The number of carboxylic acids is 4. The summed E-state index contributed by atoms with van der Waals surface area (Å²) >= 11 is 0. The van der Waals surface area contributed by atoms with Crippen LogP contribution in [0.5, 0.6) is 34.5 Å². The summed E-state index contributed by atoms with van der Waals surface area (Å²) in [5, 5.41) is 46.4. The van der Waals surface area contributed by atoms with E-state index in [4.69, 9.17) is 14.2 Å². The molecule has 6 rings (SSSR count). The average Bonchev–Trinajstić information content (AvgIpc) is 3.27. The Morgan fingerprint density at radius 3 is 0.922 bits per heavy atom. The number of carbonyl (C=O) groups excluding carboxylic acids is 4. The number of carbonyl (C=O) groups is 8. The Morgan fingerprint density at radius 1 is 0.359 bits per heavy atom. The molecule has 0 spiro atoms. The second-order valence-electron chi connectivity index (χ2n) is 13.4. The second-order valence-corrected chi connectivity index (χ2v) is 13.4. The van der Waals surface area contributed by atoms with Crippen molar-refractivity contribution in [3.05, 3.63) is 166 Å². The lowest BCUT2D eigenvalue weighted by molar-refractivity contribution is 0.0682. The first-order valence-corrected chi connectivity index (χ1v) is 18.6. The van der Waals surface area contributed by atoms with E-state index in [1.165, 1.54) is 111 Å². The van der Waals surface area contributed by atoms with E-state index >= 15 is 0 Å². The Bertz CT molecular complexity index is 2890. The summed E-state index contributed by atoms with van der Waals surface area (Å²) in [6.07, 6.45) is 0. The number of Topliss-reactive ketones (excluding diaryl/α,β-unsaturated/α-hetero) is 1. The number of ketones is 1. The maximum absolute atomic E-state index is 13.2. The second kappa shape index (κ2) is 18.9. The predicted octanol–water partition coefficient (Wildman–Crippen LogP) is 7.92. The van der Waals surface area contributed by atoms with Crippen LogP contribution < -0.4 is 30.2 Å². The fourth-order valence-corrected chi connectivity index (χ4v) is 6.11. The van der Waals surface area contributed by atoms with E-state index in [9.17, 15) is 58.8 Å². The van der Waals surface area contributed by atoms with Crippen LogP contribution in [0.3, 0.4) is 0 Å². The van der Waals surface area contributed by atoms with E-state index < -0.39 is 58.5 Å². The molecule has 6 aromatic rings. The van der Waals surface area contributed by atoms with Gasteiger partial charge in [-0.15, -0.1) is 0 Å². The van der Waals surface area contributed by atoms with Gasteiger partial charge in [0, 0.05) is 24.0 Å². The highest BCUT2D eigenvalue weighted by Crippen LogP contribution is 2.30. The predicted molar refractivity (Wildman–Crippen MR) is 226 cm³/mol. The lowest BCUT2D eigenvalue weighted by Crippen LogP contribution is -2.21. The van der Waals surface area contributed by atoms with Gasteiger partial charge in [0.1, 0.15) is 34.5 Å². The van der Waals surface area contributed by atoms with E-state index in [2.05, 4.69) is 16.0 Å². The fourth-order valence-electron chi connectivity index (χ4n) is 6.11. The standard InChI is InChI=1S/C46H33N3O15/c1-23(50)32-15-11-28(19-36(32)43(54)55)63-30-13-17-34(38(21-30)45(58)59)41(52)48-24-3-7-26(8-4-24)62-27-9-5-25(6-10-27)49-42(53)35-18-14-31(22-39(35)46(60)61)64-29-12-16-33(40(51)47-2)37(20-29)44(56)57/h3-22H,1-2H3,(H,47,51)(H,48,52)(H,49,53)(H,54,55)(H,56,57)(H,58,59)(H,60,61). The van der Waals surface area contributed by atoms with Gasteiger partial charge in [-0.25, -0.2) is 19.2 Å². The maximum atomic E-state index is 13.2. The highest BCUT2D eigenvalue weighted by Gasteiger charge is 2.22. The average molecular weight is 868 g/mol. The van der Waals surface area contributed by atoms with E-state index in [0.29, 0.717) is 22.9 Å². The van der Waals surface area contributed by atoms with Gasteiger partial charge in [0.2, 0.25) is 0 Å². The maximum Gasteiger partial charge on any atom is 0.336 e. The molecule has 0 radical (unpaired) electrons. The summed E-state index contributed by atoms with van der Waals surface area (Å²) < 4.78 is 17.2. The van der Waals surface area contributed by atoms with Crippen LogP contribution in [-0.2, 0) is 0 Å². The Balaban J connectivity index is 1.07. The molecule has 3 amide bonds. The molecule has 0 fully saturated rings. The largest absolute Gasteiger partial charge is 0.478 e. The molecule has 322 valence electrons. The molecule has 18 nitrogen and oxygen atoms in total. The third-order valence-electron chi connectivity index (χ3n) is 9.16. The Morgan fingerprint density at radius 2 is 0.625 bits per heavy atom. The number of hydrogen-bond donors (Lipinski definition) is 7. The molecule has 0 heterocycles. The molecule has 7 N–H and O–H groups in total. The molecule has 0 saturated carbocycles. The van der Waals surface area contributed by atoms with E-state index in [1.807, 2.05) is 0 Å². The van der Waals surface area contributed by atoms with Crippen LogP contribution in [-0.4, -0.2) is 74.9 Å². The Kier molecular flexibility index (Phi) is 13.1. The smallest absolute Gasteiger partial charge is 0.336 e. The van der Waals surface area contributed by atoms with Crippen LogP contribution >= 0.6 is 0 Å². The van der Waals surface area contributed by atoms with Crippen LogP contribution in [0.15, 0.2) is 121 Å². The number of anilines is 2. The molecule has 0 aliphatic heterocycles. The Labute approximate surface area is 361 Å². The van der Waals surface area contributed by atoms with Crippen molar-refractivity contribution in [3.63, 3.8) is 0 Å². The number of aromatic carboxylic acids is 4. The summed E-state index contributed by atoms with van der Waals surface area (Å²) in [4.78, 5) is 97.8. The molecule has 18 heteroatoms. The van der Waals surface area contributed by atoms with Gasteiger partial charge in [-0.05, 0) is 128 Å². The number of rotatable bonds is 16. The summed E-state index contributed by atoms with van der Waals surface area (Å²) in [5.74, 6) is -7.51. The summed E-state index contributed by atoms with van der Waals surface area (Å²) in [5.41, 5.74) is -1.39. The lowest BCUT2D eigenvalue weighted by atomic mass is 10.0. The third-order valence-corrected chi connectivity index (χ3v) is 9.16. The molecular formula is C46H33N3O15. The van der Waals surface area contributed by atoms with Gasteiger partial charge in [-0.1, -0.05) is 0 Å². The van der Waals surface area contributed by atoms with Crippen LogP contribution in [0, 0.1) is 0 Å². The van der Waals surface area contributed by atoms with Crippen molar-refractivity contribution in [2.75, 3.05) is 17.7 Å². The van der Waals surface area contributed by atoms with Gasteiger partial charge < -0.3 is 50.6 Å². The minimum atomic E-state index is -1.44. The van der Waals surface area contributed by atoms with Gasteiger partial charge in [-0.2, -0.15) is 0 Å². The first-order chi connectivity index (χ1) is 30.5. The van der Waals surface area contributed by atoms with E-state index in [-0.39, 0.29) is 56.4 Å². The lowest BCUT2D eigenvalue weighted by Gasteiger charge is -2.13. The molecule has 0 aliphatic rings. The number of carboxylic acid groups (broad SMARTS) is 4. The monoisotopic (exact) mass is 867 g/mol. The molecule has 0 unspecified atom stereocenters. The van der Waals surface area contributed by atoms with Crippen molar-refractivity contribution in [2.24, 2.45) is 0 Å². The minimum absolute atomic E-state index is 0.00391. The SMILES string of the molecule is CNC(=O)c1ccc(Oc2ccc(C(=O)Nc3ccc(Oc4ccc(NC(=O)c5ccc(Oc6ccc(C(C)=O)c(C(=O)O)c6)cc5C(=O)O)cc4)cc3)c(C(=O)O)c2)cc1C(=O)O. The van der Waals surface area contributed by atoms with E-state index in [0.717, 1.165) is 24.3 Å². The summed E-state index contributed by atoms with van der Waals surface area (Å²) in [6.45, 7) is 1.22. The van der Waals surface area contributed by atoms with Crippen LogP contribution in [0.25, 0.3) is 0 Å². The van der Waals surface area contributed by atoms with Crippen molar-refractivity contribution in [2.45, 2.75) is 6.92 Å². The van der Waals surface area contributed by atoms with Crippen molar-refractivity contribution in [3.8, 4) is 34.5 Å². The number of nitrogens with one attached hydrogen (secondary N) is 3. The molecular weight excluding hydrogens is 835 g/mol. The molecule has 64 heavy (non-hydrogen) atoms. The Hall–Kier alpha value is -9.32. The highest BCUT2D eigenvalue weighted by atomic mass is 16.5. The fraction of sp³-hybridized carbons (Fsp3) is 0.0435. The van der Waals surface area contributed by atoms with Crippen LogP contribution in [0.1, 0.15) is 89.8 Å². The normalized spacial score (nSPS) is 10.5. The number of amides is 3. The van der Waals surface area contributed by atoms with E-state index in [1.54, 1.807) is 0 Å². The zero-order valence-electron chi connectivity index (χ0n) is 33.3. The molecule has 0 saturated heterocycles. The zero-order valence-corrected chi connectivity index (χ0v) is 33.3. The van der Waals surface area contributed by atoms with Crippen LogP contribution in [0.4, 0.5) is 11.4 Å². The molecule has 6 aromatic carbocycles. The van der Waals surface area contributed by atoms with Crippen molar-refractivity contribution in [1.29, 1.82) is 0 Å². The number of hydrogen-bond acceptors (Lipinski definition) is 11. The molecule has 0 atom stereocenters. The summed E-state index contributed by atoms with van der Waals surface area (Å²) in [7, 11) is 1.35. The first-order valence-electron chi connectivity index (χ1n) is 18.6. The molecule has 0 aliphatic carbocycles. The molecule has 0 aromatic heterocycles. The van der Waals surface area contributed by atoms with Gasteiger partial charge in [0.25, 0.3) is 17.7 Å². The summed E-state index contributed by atoms with van der Waals surface area (Å²) in [6, 6.07) is 27.0. The third kappa shape index (κ3) is 10.3. The van der Waals surface area contributed by atoms with Crippen molar-refractivity contribution in [1.82, 2.24) is 5.32 Å². The highest BCUT2D eigenvalue weighted by molar-refractivity contribution is 6.12. The van der Waals surface area contributed by atoms with Gasteiger partial charge in [0.05, 0.1) is 38.9 Å². The molecule has 0 bridgehead atoms.